The molecule has 0 bridgehead atoms. The van der Waals surface area contributed by atoms with Gasteiger partial charge >= 0.3 is 0 Å². The molecule has 33 heavy (non-hydrogen) atoms. The van der Waals surface area contributed by atoms with Crippen LogP contribution in [0.5, 0.6) is 0 Å². The van der Waals surface area contributed by atoms with Crippen LogP contribution in [-0.4, -0.2) is 0 Å². The van der Waals surface area contributed by atoms with Crippen molar-refractivity contribution in [3.05, 3.63) is 106 Å². The molecule has 1 aliphatic rings. The molecule has 3 aromatic carbocycles. The van der Waals surface area contributed by atoms with Gasteiger partial charge < -0.3 is 0 Å². The maximum Gasteiger partial charge on any atom is 0.0406 e. The van der Waals surface area contributed by atoms with Crippen molar-refractivity contribution in [2.45, 2.75) is 77.6 Å². The van der Waals surface area contributed by atoms with Crippen LogP contribution in [0.3, 0.4) is 0 Å². The summed E-state index contributed by atoms with van der Waals surface area (Å²) >= 11 is 5.98. The molecule has 1 fully saturated rings. The Bertz CT molecular complexity index is 945. The first-order chi connectivity index (χ1) is 16.2. The van der Waals surface area contributed by atoms with Crippen molar-refractivity contribution in [2.24, 2.45) is 11.8 Å². The maximum absolute atomic E-state index is 5.98. The van der Waals surface area contributed by atoms with Gasteiger partial charge in [-0.3, -0.25) is 0 Å². The van der Waals surface area contributed by atoms with Crippen LogP contribution in [0.25, 0.3) is 0 Å². The molecule has 1 saturated carbocycles. The van der Waals surface area contributed by atoms with Crippen LogP contribution < -0.4 is 0 Å². The minimum Gasteiger partial charge on any atom is -0.0843 e. The fourth-order valence-corrected chi connectivity index (χ4v) is 5.43. The van der Waals surface area contributed by atoms with Gasteiger partial charge in [-0.2, -0.15) is 0 Å². The average Bonchev–Trinajstić information content (AvgIpc) is 2.87. The van der Waals surface area contributed by atoms with E-state index in [0.29, 0.717) is 0 Å². The molecular formula is C32H39Cl. The number of benzene rings is 3. The van der Waals surface area contributed by atoms with E-state index in [1.807, 2.05) is 12.1 Å². The van der Waals surface area contributed by atoms with E-state index in [0.717, 1.165) is 36.1 Å². The highest BCUT2D eigenvalue weighted by atomic mass is 35.5. The monoisotopic (exact) mass is 458 g/mol. The maximum atomic E-state index is 5.98. The van der Waals surface area contributed by atoms with Gasteiger partial charge in [-0.25, -0.2) is 0 Å². The fraction of sp³-hybridized carbons (Fsp3) is 0.438. The van der Waals surface area contributed by atoms with Gasteiger partial charge in [-0.05, 0) is 96.7 Å². The Kier molecular flexibility index (Phi) is 9.07. The summed E-state index contributed by atoms with van der Waals surface area (Å²) in [5.41, 5.74) is 7.26. The van der Waals surface area contributed by atoms with E-state index in [1.165, 1.54) is 79.2 Å². The second-order valence-electron chi connectivity index (χ2n) is 10.1. The second-order valence-corrected chi connectivity index (χ2v) is 10.5. The Morgan fingerprint density at radius 1 is 0.515 bits per heavy atom. The predicted octanol–water partition coefficient (Wildman–Crippen LogP) is 9.06. The van der Waals surface area contributed by atoms with E-state index in [9.17, 15) is 0 Å². The van der Waals surface area contributed by atoms with E-state index in [2.05, 4.69) is 67.6 Å². The third-order valence-corrected chi connectivity index (χ3v) is 7.97. The fourth-order valence-electron chi connectivity index (χ4n) is 5.30. The molecule has 174 valence electrons. The number of hydrogen-bond acceptors (Lipinski definition) is 0. The molecule has 0 heterocycles. The van der Waals surface area contributed by atoms with E-state index in [1.54, 1.807) is 0 Å². The van der Waals surface area contributed by atoms with Gasteiger partial charge in [0.15, 0.2) is 0 Å². The lowest BCUT2D eigenvalue weighted by atomic mass is 9.77. The van der Waals surface area contributed by atoms with Crippen LogP contribution >= 0.6 is 11.6 Å². The lowest BCUT2D eigenvalue weighted by Crippen LogP contribution is -2.15. The summed E-state index contributed by atoms with van der Waals surface area (Å²) in [7, 11) is 0. The molecule has 1 heteroatoms. The van der Waals surface area contributed by atoms with Gasteiger partial charge in [-0.1, -0.05) is 105 Å². The highest BCUT2D eigenvalue weighted by molar-refractivity contribution is 6.30. The summed E-state index contributed by atoms with van der Waals surface area (Å²) in [5.74, 6) is 1.86. The molecule has 3 aromatic rings. The standard InChI is InChI=1S/C32H39Cl/c1-2-25-3-5-26(6-4-25)7-8-27-9-11-28(12-10-27)13-14-29-15-17-30(18-16-29)19-20-31-21-23-32(33)24-22-31/h3-6,15-18,21-24,27-28H,2,7-14,19-20H2,1H3. The molecule has 0 nitrogen and oxygen atoms in total. The van der Waals surface area contributed by atoms with Crippen LogP contribution in [0.1, 0.15) is 73.3 Å². The quantitative estimate of drug-likeness (QED) is 0.284. The number of aryl methyl sites for hydroxylation is 5. The molecule has 0 N–H and O–H groups in total. The van der Waals surface area contributed by atoms with Crippen molar-refractivity contribution in [1.82, 2.24) is 0 Å². The van der Waals surface area contributed by atoms with Gasteiger partial charge in [0, 0.05) is 5.02 Å². The molecule has 0 saturated heterocycles. The van der Waals surface area contributed by atoms with Gasteiger partial charge in [0.25, 0.3) is 0 Å². The Morgan fingerprint density at radius 3 is 1.24 bits per heavy atom. The van der Waals surface area contributed by atoms with Gasteiger partial charge in [0.2, 0.25) is 0 Å². The molecule has 0 unspecified atom stereocenters. The summed E-state index contributed by atoms with van der Waals surface area (Å²) in [6.07, 6.45) is 14.2. The second kappa shape index (κ2) is 12.4. The third-order valence-electron chi connectivity index (χ3n) is 7.72. The lowest BCUT2D eigenvalue weighted by molar-refractivity contribution is 0.253. The molecule has 0 aliphatic heterocycles. The zero-order valence-corrected chi connectivity index (χ0v) is 21.0. The van der Waals surface area contributed by atoms with E-state index in [4.69, 9.17) is 11.6 Å². The van der Waals surface area contributed by atoms with Crippen LogP contribution in [0.2, 0.25) is 5.02 Å². The highest BCUT2D eigenvalue weighted by Gasteiger charge is 2.20. The Hall–Kier alpha value is -2.05. The Morgan fingerprint density at radius 2 is 0.848 bits per heavy atom. The molecule has 1 aliphatic carbocycles. The normalized spacial score (nSPS) is 18.4. The van der Waals surface area contributed by atoms with Crippen molar-refractivity contribution in [1.29, 1.82) is 0 Å². The molecule has 0 spiro atoms. The average molecular weight is 459 g/mol. The Labute approximate surface area is 206 Å². The molecule has 0 atom stereocenters. The van der Waals surface area contributed by atoms with Gasteiger partial charge in [-0.15, -0.1) is 0 Å². The Balaban J connectivity index is 1.13. The minimum atomic E-state index is 0.814. The van der Waals surface area contributed by atoms with Crippen molar-refractivity contribution >= 4 is 11.6 Å². The predicted molar refractivity (Wildman–Crippen MR) is 143 cm³/mol. The molecule has 4 rings (SSSR count). The molecule has 0 aromatic heterocycles. The first-order valence-electron chi connectivity index (χ1n) is 13.1. The number of hydrogen-bond donors (Lipinski definition) is 0. The number of halogens is 1. The van der Waals surface area contributed by atoms with E-state index < -0.39 is 0 Å². The summed E-state index contributed by atoms with van der Waals surface area (Å²) in [6.45, 7) is 2.23. The summed E-state index contributed by atoms with van der Waals surface area (Å²) in [5, 5.41) is 0.814. The van der Waals surface area contributed by atoms with E-state index in [-0.39, 0.29) is 0 Å². The molecule has 0 radical (unpaired) electrons. The smallest absolute Gasteiger partial charge is 0.0406 e. The zero-order chi connectivity index (χ0) is 22.9. The first kappa shape index (κ1) is 24.1. The summed E-state index contributed by atoms with van der Waals surface area (Å²) in [6, 6.07) is 26.9. The largest absolute Gasteiger partial charge is 0.0843 e. The van der Waals surface area contributed by atoms with Gasteiger partial charge in [0.1, 0.15) is 0 Å². The first-order valence-corrected chi connectivity index (χ1v) is 13.5. The SMILES string of the molecule is CCc1ccc(CCC2CCC(CCc3ccc(CCc4ccc(Cl)cc4)cc3)CC2)cc1. The van der Waals surface area contributed by atoms with Crippen molar-refractivity contribution in [3.8, 4) is 0 Å². The molecular weight excluding hydrogens is 420 g/mol. The lowest BCUT2D eigenvalue weighted by Gasteiger charge is -2.28. The van der Waals surface area contributed by atoms with Crippen LogP contribution in [0, 0.1) is 11.8 Å². The minimum absolute atomic E-state index is 0.814. The third kappa shape index (κ3) is 7.75. The molecule has 0 amide bonds. The van der Waals surface area contributed by atoms with Crippen molar-refractivity contribution in [2.75, 3.05) is 0 Å². The zero-order valence-electron chi connectivity index (χ0n) is 20.2. The van der Waals surface area contributed by atoms with Crippen LogP contribution in [0.15, 0.2) is 72.8 Å². The summed E-state index contributed by atoms with van der Waals surface area (Å²) in [4.78, 5) is 0. The number of rotatable bonds is 10. The highest BCUT2D eigenvalue weighted by Crippen LogP contribution is 2.34. The van der Waals surface area contributed by atoms with Crippen molar-refractivity contribution in [3.63, 3.8) is 0 Å². The topological polar surface area (TPSA) is 0 Å². The van der Waals surface area contributed by atoms with Crippen molar-refractivity contribution < 1.29 is 0 Å². The van der Waals surface area contributed by atoms with E-state index >= 15 is 0 Å². The van der Waals surface area contributed by atoms with Crippen LogP contribution in [0.4, 0.5) is 0 Å². The van der Waals surface area contributed by atoms with Gasteiger partial charge in [0.05, 0.1) is 0 Å². The summed E-state index contributed by atoms with van der Waals surface area (Å²) < 4.78 is 0. The van der Waals surface area contributed by atoms with Crippen LogP contribution in [-0.2, 0) is 32.1 Å².